The van der Waals surface area contributed by atoms with Crippen LogP contribution in [0.15, 0.2) is 41.6 Å². The third kappa shape index (κ3) is 6.21. The largest absolute Gasteiger partial charge is 0.469 e. The lowest BCUT2D eigenvalue weighted by molar-refractivity contribution is -0.139. The Hall–Kier alpha value is -2.83. The molecule has 0 saturated carbocycles. The Morgan fingerprint density at radius 3 is 2.26 bits per heavy atom. The first-order chi connectivity index (χ1) is 11.0. The van der Waals surface area contributed by atoms with Crippen LogP contribution in [0.3, 0.4) is 0 Å². The molecule has 0 aliphatic carbocycles. The van der Waals surface area contributed by atoms with E-state index in [0.717, 1.165) is 5.56 Å². The monoisotopic (exact) mass is 321 g/mol. The maximum atomic E-state index is 11.8. The second-order valence-corrected chi connectivity index (χ2v) is 4.59. The number of rotatable bonds is 6. The van der Waals surface area contributed by atoms with E-state index in [1.165, 1.54) is 21.1 Å². The SMILES string of the molecule is COC(=O)C/C(C)=C(\NC(=O)OCc1ccccc1)C(=O)OC. The number of alkyl carbamates (subject to hydrolysis) is 1. The Bertz CT molecular complexity index is 594. The van der Waals surface area contributed by atoms with E-state index < -0.39 is 18.0 Å². The van der Waals surface area contributed by atoms with Crippen molar-refractivity contribution in [2.75, 3.05) is 14.2 Å². The van der Waals surface area contributed by atoms with Crippen molar-refractivity contribution in [1.82, 2.24) is 5.32 Å². The third-order valence-electron chi connectivity index (χ3n) is 2.89. The van der Waals surface area contributed by atoms with Gasteiger partial charge in [0.25, 0.3) is 0 Å². The average molecular weight is 321 g/mol. The Labute approximate surface area is 134 Å². The maximum absolute atomic E-state index is 11.8. The Balaban J connectivity index is 2.73. The van der Waals surface area contributed by atoms with Gasteiger partial charge in [-0.15, -0.1) is 0 Å². The molecule has 0 atom stereocenters. The standard InChI is InChI=1S/C16H19NO6/c1-11(9-13(18)21-2)14(15(19)22-3)17-16(20)23-10-12-7-5-4-6-8-12/h4-8H,9-10H2,1-3H3,(H,17,20)/b14-11-. The fourth-order valence-corrected chi connectivity index (χ4v) is 1.67. The Kier molecular flexibility index (Phi) is 7.32. The number of amides is 1. The number of carbonyl (C=O) groups excluding carboxylic acids is 3. The number of hydrogen-bond donors (Lipinski definition) is 1. The van der Waals surface area contributed by atoms with Gasteiger partial charge in [-0.1, -0.05) is 30.3 Å². The molecule has 7 nitrogen and oxygen atoms in total. The van der Waals surface area contributed by atoms with Crippen molar-refractivity contribution in [2.45, 2.75) is 20.0 Å². The molecule has 0 bridgehead atoms. The lowest BCUT2D eigenvalue weighted by Gasteiger charge is -2.12. The molecule has 0 aliphatic heterocycles. The van der Waals surface area contributed by atoms with Crippen molar-refractivity contribution in [3.63, 3.8) is 0 Å². The normalized spacial score (nSPS) is 11.1. The van der Waals surface area contributed by atoms with Gasteiger partial charge in [0.2, 0.25) is 0 Å². The van der Waals surface area contributed by atoms with Crippen molar-refractivity contribution >= 4 is 18.0 Å². The van der Waals surface area contributed by atoms with Crippen LogP contribution in [0.4, 0.5) is 4.79 Å². The highest BCUT2D eigenvalue weighted by atomic mass is 16.6. The van der Waals surface area contributed by atoms with Gasteiger partial charge in [-0.25, -0.2) is 9.59 Å². The molecular formula is C16H19NO6. The molecule has 1 amide bonds. The maximum Gasteiger partial charge on any atom is 0.412 e. The van der Waals surface area contributed by atoms with E-state index >= 15 is 0 Å². The van der Waals surface area contributed by atoms with Crippen LogP contribution in [0.5, 0.6) is 0 Å². The molecule has 0 aromatic heterocycles. The van der Waals surface area contributed by atoms with Gasteiger partial charge in [-0.3, -0.25) is 10.1 Å². The number of nitrogens with one attached hydrogen (secondary N) is 1. The van der Waals surface area contributed by atoms with Gasteiger partial charge < -0.3 is 14.2 Å². The van der Waals surface area contributed by atoms with Crippen LogP contribution in [0.1, 0.15) is 18.9 Å². The smallest absolute Gasteiger partial charge is 0.412 e. The minimum absolute atomic E-state index is 0.0528. The van der Waals surface area contributed by atoms with Crippen molar-refractivity contribution < 1.29 is 28.6 Å². The van der Waals surface area contributed by atoms with Gasteiger partial charge >= 0.3 is 18.0 Å². The molecule has 0 aliphatic rings. The van der Waals surface area contributed by atoms with Gasteiger partial charge in [0.05, 0.1) is 20.6 Å². The van der Waals surface area contributed by atoms with Crippen molar-refractivity contribution in [1.29, 1.82) is 0 Å². The molecule has 1 aromatic carbocycles. The van der Waals surface area contributed by atoms with Gasteiger partial charge in [0.1, 0.15) is 12.3 Å². The van der Waals surface area contributed by atoms with Crippen molar-refractivity contribution in [3.05, 3.63) is 47.2 Å². The van der Waals surface area contributed by atoms with Crippen molar-refractivity contribution in [3.8, 4) is 0 Å². The van der Waals surface area contributed by atoms with E-state index in [9.17, 15) is 14.4 Å². The second kappa shape index (κ2) is 9.24. The molecule has 1 N–H and O–H groups in total. The van der Waals surface area contributed by atoms with Crippen LogP contribution in [-0.2, 0) is 30.4 Å². The highest BCUT2D eigenvalue weighted by Crippen LogP contribution is 2.09. The van der Waals surface area contributed by atoms with Gasteiger partial charge in [-0.05, 0) is 18.1 Å². The first kappa shape index (κ1) is 18.2. The van der Waals surface area contributed by atoms with E-state index in [1.54, 1.807) is 12.1 Å². The number of benzene rings is 1. The second-order valence-electron chi connectivity index (χ2n) is 4.59. The van der Waals surface area contributed by atoms with Crippen LogP contribution in [0.25, 0.3) is 0 Å². The quantitative estimate of drug-likeness (QED) is 0.489. The highest BCUT2D eigenvalue weighted by Gasteiger charge is 2.19. The number of methoxy groups -OCH3 is 2. The first-order valence-electron chi connectivity index (χ1n) is 6.80. The van der Waals surface area contributed by atoms with E-state index in [0.29, 0.717) is 5.57 Å². The zero-order valence-electron chi connectivity index (χ0n) is 13.3. The van der Waals surface area contributed by atoms with E-state index in [-0.39, 0.29) is 18.7 Å². The van der Waals surface area contributed by atoms with Crippen LogP contribution >= 0.6 is 0 Å². The summed E-state index contributed by atoms with van der Waals surface area (Å²) >= 11 is 0. The molecule has 0 unspecified atom stereocenters. The molecule has 124 valence electrons. The number of carbonyl (C=O) groups is 3. The highest BCUT2D eigenvalue weighted by molar-refractivity contribution is 5.93. The summed E-state index contributed by atoms with van der Waals surface area (Å²) in [6, 6.07) is 9.07. The summed E-state index contributed by atoms with van der Waals surface area (Å²) < 4.78 is 14.1. The summed E-state index contributed by atoms with van der Waals surface area (Å²) in [5, 5.41) is 2.30. The molecule has 0 fully saturated rings. The molecule has 1 rings (SSSR count). The Morgan fingerprint density at radius 1 is 1.04 bits per heavy atom. The summed E-state index contributed by atoms with van der Waals surface area (Å²) in [5.41, 5.74) is 0.967. The predicted molar refractivity (Wildman–Crippen MR) is 81.1 cm³/mol. The summed E-state index contributed by atoms with van der Waals surface area (Å²) in [6.45, 7) is 1.57. The molecule has 0 heterocycles. The van der Waals surface area contributed by atoms with Crippen LogP contribution in [0, 0.1) is 0 Å². The number of hydrogen-bond acceptors (Lipinski definition) is 6. The average Bonchev–Trinajstić information content (AvgIpc) is 2.57. The summed E-state index contributed by atoms with van der Waals surface area (Å²) in [6.07, 6.45) is -0.974. The lowest BCUT2D eigenvalue weighted by Crippen LogP contribution is -2.30. The fourth-order valence-electron chi connectivity index (χ4n) is 1.67. The summed E-state index contributed by atoms with van der Waals surface area (Å²) in [4.78, 5) is 34.8. The fraction of sp³-hybridized carbons (Fsp3) is 0.312. The summed E-state index contributed by atoms with van der Waals surface area (Å²) in [7, 11) is 2.40. The lowest BCUT2D eigenvalue weighted by atomic mass is 10.1. The minimum atomic E-state index is -0.821. The van der Waals surface area contributed by atoms with Gasteiger partial charge in [0, 0.05) is 0 Å². The van der Waals surface area contributed by atoms with Crippen LogP contribution in [0.2, 0.25) is 0 Å². The van der Waals surface area contributed by atoms with E-state index in [4.69, 9.17) is 4.74 Å². The minimum Gasteiger partial charge on any atom is -0.469 e. The molecule has 0 saturated heterocycles. The third-order valence-corrected chi connectivity index (χ3v) is 2.89. The van der Waals surface area contributed by atoms with Gasteiger partial charge in [0.15, 0.2) is 0 Å². The topological polar surface area (TPSA) is 90.9 Å². The van der Waals surface area contributed by atoms with E-state index in [2.05, 4.69) is 14.8 Å². The molecule has 0 radical (unpaired) electrons. The molecule has 1 aromatic rings. The number of ether oxygens (including phenoxy) is 3. The van der Waals surface area contributed by atoms with Crippen LogP contribution in [-0.4, -0.2) is 32.3 Å². The molecule has 0 spiro atoms. The molecule has 23 heavy (non-hydrogen) atoms. The Morgan fingerprint density at radius 2 is 1.70 bits per heavy atom. The predicted octanol–water partition coefficient (Wildman–Crippen LogP) is 1.92. The first-order valence-corrected chi connectivity index (χ1v) is 6.80. The van der Waals surface area contributed by atoms with Crippen molar-refractivity contribution in [2.24, 2.45) is 0 Å². The molecular weight excluding hydrogens is 302 g/mol. The summed E-state index contributed by atoms with van der Waals surface area (Å²) in [5.74, 6) is -1.31. The molecule has 7 heteroatoms. The number of esters is 2. The van der Waals surface area contributed by atoms with E-state index in [1.807, 2.05) is 18.2 Å². The van der Waals surface area contributed by atoms with Gasteiger partial charge in [-0.2, -0.15) is 0 Å². The zero-order chi connectivity index (χ0) is 17.2. The zero-order valence-corrected chi connectivity index (χ0v) is 13.3. The van der Waals surface area contributed by atoms with Crippen LogP contribution < -0.4 is 5.32 Å².